The molecule has 0 unspecified atom stereocenters. The average molecular weight is 350 g/mol. The Morgan fingerprint density at radius 2 is 1.76 bits per heavy atom. The van der Waals surface area contributed by atoms with Crippen LogP contribution in [0.3, 0.4) is 0 Å². The first-order valence-corrected chi connectivity index (χ1v) is 7.03. The smallest absolute Gasteiger partial charge is 0.406 e. The zero-order valence-corrected chi connectivity index (χ0v) is 12.6. The highest BCUT2D eigenvalue weighted by atomic mass is 19.4. The maximum Gasteiger partial charge on any atom is 0.573 e. The molecule has 0 saturated carbocycles. The van der Waals surface area contributed by atoms with Crippen LogP contribution in [0.5, 0.6) is 5.75 Å². The van der Waals surface area contributed by atoms with Crippen molar-refractivity contribution in [2.24, 2.45) is 0 Å². The Labute approximate surface area is 141 Å². The van der Waals surface area contributed by atoms with Crippen LogP contribution >= 0.6 is 0 Å². The Bertz CT molecular complexity index is 864. The zero-order chi connectivity index (χ0) is 17.9. The van der Waals surface area contributed by atoms with E-state index in [9.17, 15) is 18.0 Å². The van der Waals surface area contributed by atoms with Gasteiger partial charge in [0.2, 0.25) is 6.41 Å². The molecule has 1 N–H and O–H groups in total. The maximum absolute atomic E-state index is 12.2. The van der Waals surface area contributed by atoms with Crippen LogP contribution in [0.15, 0.2) is 54.9 Å². The molecule has 2 aromatic carbocycles. The Hall–Kier alpha value is -3.36. The average Bonchev–Trinajstić information content (AvgIpc) is 3.05. The summed E-state index contributed by atoms with van der Waals surface area (Å²) in [5.41, 5.74) is 1.90. The first-order chi connectivity index (χ1) is 11.9. The SMILES string of the molecule is O=CNc1ccc(-c2ncn(-c3ccc(OC(F)(F)F)cc3)n2)cc1.[HH]. The lowest BCUT2D eigenvalue weighted by Gasteiger charge is -2.09. The van der Waals surface area contributed by atoms with Gasteiger partial charge >= 0.3 is 6.36 Å². The predicted molar refractivity (Wildman–Crippen MR) is 85.3 cm³/mol. The molecule has 25 heavy (non-hydrogen) atoms. The summed E-state index contributed by atoms with van der Waals surface area (Å²) in [4.78, 5) is 14.6. The third kappa shape index (κ3) is 4.14. The van der Waals surface area contributed by atoms with Crippen LogP contribution in [-0.4, -0.2) is 27.5 Å². The summed E-state index contributed by atoms with van der Waals surface area (Å²) in [5.74, 6) is 0.128. The van der Waals surface area contributed by atoms with Gasteiger partial charge in [-0.15, -0.1) is 18.3 Å². The van der Waals surface area contributed by atoms with Gasteiger partial charge in [-0.25, -0.2) is 9.67 Å². The van der Waals surface area contributed by atoms with Gasteiger partial charge in [0, 0.05) is 12.7 Å². The van der Waals surface area contributed by atoms with E-state index in [0.717, 1.165) is 5.56 Å². The molecule has 0 radical (unpaired) electrons. The molecule has 0 atom stereocenters. The van der Waals surface area contributed by atoms with Gasteiger partial charge in [-0.1, -0.05) is 0 Å². The number of nitrogens with one attached hydrogen (secondary N) is 1. The molecular weight excluding hydrogens is 337 g/mol. The highest BCUT2D eigenvalue weighted by Crippen LogP contribution is 2.24. The number of carbonyl (C=O) groups is 1. The molecule has 1 heterocycles. The summed E-state index contributed by atoms with van der Waals surface area (Å²) in [6, 6.07) is 12.2. The van der Waals surface area contributed by atoms with Crippen molar-refractivity contribution in [3.05, 3.63) is 54.9 Å². The fourth-order valence-corrected chi connectivity index (χ4v) is 2.10. The van der Waals surface area contributed by atoms with Crippen molar-refractivity contribution in [2.45, 2.75) is 6.36 Å². The maximum atomic E-state index is 12.2. The number of halogens is 3. The number of hydrogen-bond donors (Lipinski definition) is 1. The van der Waals surface area contributed by atoms with Gasteiger partial charge in [0.1, 0.15) is 12.1 Å². The first-order valence-electron chi connectivity index (χ1n) is 7.03. The number of anilines is 1. The van der Waals surface area contributed by atoms with Gasteiger partial charge in [-0.2, -0.15) is 0 Å². The zero-order valence-electron chi connectivity index (χ0n) is 12.6. The van der Waals surface area contributed by atoms with Crippen molar-refractivity contribution in [1.29, 1.82) is 0 Å². The molecule has 0 aliphatic heterocycles. The van der Waals surface area contributed by atoms with Crippen molar-refractivity contribution in [3.63, 3.8) is 0 Å². The minimum absolute atomic E-state index is 0. The lowest BCUT2D eigenvalue weighted by molar-refractivity contribution is -0.274. The highest BCUT2D eigenvalue weighted by Gasteiger charge is 2.30. The van der Waals surface area contributed by atoms with Crippen LogP contribution in [-0.2, 0) is 4.79 Å². The minimum Gasteiger partial charge on any atom is -0.406 e. The summed E-state index contributed by atoms with van der Waals surface area (Å²) < 4.78 is 41.7. The van der Waals surface area contributed by atoms with Gasteiger partial charge in [0.25, 0.3) is 0 Å². The summed E-state index contributed by atoms with van der Waals surface area (Å²) in [6.45, 7) is 0. The molecule has 0 saturated heterocycles. The molecule has 0 bridgehead atoms. The topological polar surface area (TPSA) is 69.0 Å². The van der Waals surface area contributed by atoms with Crippen LogP contribution in [0.2, 0.25) is 0 Å². The van der Waals surface area contributed by atoms with E-state index in [1.165, 1.54) is 35.3 Å². The molecular formula is C16H13F3N4O2. The van der Waals surface area contributed by atoms with E-state index in [-0.39, 0.29) is 7.18 Å². The number of ether oxygens (including phenoxy) is 1. The van der Waals surface area contributed by atoms with Crippen molar-refractivity contribution >= 4 is 12.1 Å². The van der Waals surface area contributed by atoms with Crippen molar-refractivity contribution in [2.75, 3.05) is 5.32 Å². The molecule has 0 aliphatic carbocycles. The normalized spacial score (nSPS) is 11.2. The van der Waals surface area contributed by atoms with Crippen LogP contribution < -0.4 is 10.1 Å². The summed E-state index contributed by atoms with van der Waals surface area (Å²) >= 11 is 0. The molecule has 3 rings (SSSR count). The lowest BCUT2D eigenvalue weighted by Crippen LogP contribution is -2.17. The van der Waals surface area contributed by atoms with E-state index >= 15 is 0 Å². The summed E-state index contributed by atoms with van der Waals surface area (Å²) in [5, 5.41) is 6.80. The molecule has 0 aliphatic rings. The van der Waals surface area contributed by atoms with E-state index in [1.807, 2.05) is 0 Å². The van der Waals surface area contributed by atoms with E-state index in [1.54, 1.807) is 24.3 Å². The van der Waals surface area contributed by atoms with E-state index < -0.39 is 6.36 Å². The predicted octanol–water partition coefficient (Wildman–Crippen LogP) is 3.65. The van der Waals surface area contributed by atoms with E-state index in [0.29, 0.717) is 23.6 Å². The lowest BCUT2D eigenvalue weighted by atomic mass is 10.2. The van der Waals surface area contributed by atoms with Gasteiger partial charge < -0.3 is 10.1 Å². The van der Waals surface area contributed by atoms with Crippen molar-refractivity contribution in [3.8, 4) is 22.8 Å². The fourth-order valence-electron chi connectivity index (χ4n) is 2.10. The van der Waals surface area contributed by atoms with Crippen molar-refractivity contribution in [1.82, 2.24) is 14.8 Å². The number of benzene rings is 2. The molecule has 1 aromatic heterocycles. The van der Waals surface area contributed by atoms with Crippen LogP contribution in [0.25, 0.3) is 17.1 Å². The van der Waals surface area contributed by atoms with Gasteiger partial charge in [0.05, 0.1) is 5.69 Å². The largest absolute Gasteiger partial charge is 0.573 e. The summed E-state index contributed by atoms with van der Waals surface area (Å²) in [6.07, 6.45) is -2.70. The number of carbonyl (C=O) groups excluding carboxylic acids is 1. The molecule has 9 heteroatoms. The molecule has 1 amide bonds. The second-order valence-corrected chi connectivity index (χ2v) is 4.89. The van der Waals surface area contributed by atoms with Gasteiger partial charge in [-0.05, 0) is 48.5 Å². The molecule has 0 spiro atoms. The monoisotopic (exact) mass is 350 g/mol. The standard InChI is InChI=1S/C16H11F3N4O2.H2/c17-16(18,19)25-14-7-5-13(6-8-14)23-9-20-15(22-23)11-1-3-12(4-2-11)21-10-24;/h1-10H,(H,21,24);1H. The van der Waals surface area contributed by atoms with Crippen LogP contribution in [0.4, 0.5) is 18.9 Å². The molecule has 130 valence electrons. The fraction of sp³-hybridized carbons (Fsp3) is 0.0625. The minimum atomic E-state index is -4.73. The Kier molecular flexibility index (Phi) is 4.38. The second kappa shape index (κ2) is 6.63. The highest BCUT2D eigenvalue weighted by molar-refractivity contribution is 5.72. The van der Waals surface area contributed by atoms with Crippen LogP contribution in [0, 0.1) is 0 Å². The molecule has 0 fully saturated rings. The number of nitrogens with zero attached hydrogens (tertiary/aromatic N) is 3. The quantitative estimate of drug-likeness (QED) is 0.713. The Balaban J connectivity index is 0.00000243. The van der Waals surface area contributed by atoms with E-state index in [4.69, 9.17) is 0 Å². The molecule has 6 nitrogen and oxygen atoms in total. The summed E-state index contributed by atoms with van der Waals surface area (Å²) in [7, 11) is 0. The number of amides is 1. The number of hydrogen-bond acceptors (Lipinski definition) is 4. The van der Waals surface area contributed by atoms with E-state index in [2.05, 4.69) is 20.1 Å². The number of alkyl halides is 3. The Morgan fingerprint density at radius 1 is 1.08 bits per heavy atom. The van der Waals surface area contributed by atoms with Crippen LogP contribution in [0.1, 0.15) is 1.43 Å². The van der Waals surface area contributed by atoms with Gasteiger partial charge in [0.15, 0.2) is 5.82 Å². The molecule has 3 aromatic rings. The number of aromatic nitrogens is 3. The third-order valence-electron chi connectivity index (χ3n) is 3.20. The van der Waals surface area contributed by atoms with Crippen molar-refractivity contribution < 1.29 is 24.1 Å². The number of rotatable bonds is 5. The second-order valence-electron chi connectivity index (χ2n) is 4.89. The third-order valence-corrected chi connectivity index (χ3v) is 3.20. The Morgan fingerprint density at radius 3 is 2.36 bits per heavy atom. The van der Waals surface area contributed by atoms with Gasteiger partial charge in [-0.3, -0.25) is 4.79 Å². The first kappa shape index (κ1) is 16.5.